The minimum atomic E-state index is -4.17. The summed E-state index contributed by atoms with van der Waals surface area (Å²) in [5.41, 5.74) is 0. The number of carbonyl (C=O) groups is 1. The molecule has 0 spiro atoms. The Bertz CT molecular complexity index is 355. The van der Waals surface area contributed by atoms with Gasteiger partial charge in [0.05, 0.1) is 0 Å². The molecule has 0 fully saturated rings. The molecule has 0 aliphatic carbocycles. The van der Waals surface area contributed by atoms with Crippen molar-refractivity contribution in [1.82, 2.24) is 9.55 Å². The highest BCUT2D eigenvalue weighted by atomic mass is 35.7. The predicted octanol–water partition coefficient (Wildman–Crippen LogP) is 0.420. The fraction of sp³-hybridized carbons (Fsp3) is 0. The lowest BCUT2D eigenvalue weighted by atomic mass is 10.9. The minimum absolute atomic E-state index is 0.780. The van der Waals surface area contributed by atoms with E-state index in [0.29, 0.717) is 0 Å². The molecule has 7 heteroatoms. The van der Waals surface area contributed by atoms with Gasteiger partial charge in [0.2, 0.25) is 0 Å². The molecule has 0 aliphatic heterocycles. The average Bonchev–Trinajstić information content (AvgIpc) is 2.34. The molecular weight excluding hydrogens is 192 g/mol. The van der Waals surface area contributed by atoms with Crippen LogP contribution in [0.25, 0.3) is 0 Å². The second-order valence-corrected chi connectivity index (χ2v) is 4.12. The lowest BCUT2D eigenvalue weighted by molar-refractivity contribution is 0.260. The molecule has 0 aromatic carbocycles. The molecule has 1 aromatic rings. The van der Waals surface area contributed by atoms with Gasteiger partial charge in [-0.1, -0.05) is 0 Å². The van der Waals surface area contributed by atoms with Gasteiger partial charge in [-0.05, 0) is 0 Å². The van der Waals surface area contributed by atoms with Crippen LogP contribution in [-0.4, -0.2) is 23.2 Å². The van der Waals surface area contributed by atoms with E-state index in [1.807, 2.05) is 0 Å². The molecule has 60 valence electrons. The van der Waals surface area contributed by atoms with Gasteiger partial charge in [-0.25, -0.2) is 13.4 Å². The van der Waals surface area contributed by atoms with E-state index in [1.165, 1.54) is 12.4 Å². The first-order valence-electron chi connectivity index (χ1n) is 2.49. The second-order valence-electron chi connectivity index (χ2n) is 1.67. The molecule has 0 radical (unpaired) electrons. The Kier molecular flexibility index (Phi) is 1.97. The number of carbonyl (C=O) groups excluding carboxylic acids is 1. The van der Waals surface area contributed by atoms with Gasteiger partial charge in [0.15, 0.2) is 0 Å². The van der Waals surface area contributed by atoms with Gasteiger partial charge in [0.1, 0.15) is 6.33 Å². The SMILES string of the molecule is O=C(n1ccnc1)S(=O)(=O)Cl. The molecule has 0 atom stereocenters. The zero-order chi connectivity index (χ0) is 8.48. The normalized spacial score (nSPS) is 11.4. The van der Waals surface area contributed by atoms with Crippen LogP contribution in [0, 0.1) is 0 Å². The molecular formula is C4H3ClN2O3S. The molecule has 1 aromatic heterocycles. The molecule has 1 heterocycles. The van der Waals surface area contributed by atoms with Crippen LogP contribution < -0.4 is 0 Å². The standard InChI is InChI=1S/C4H3ClN2O3S/c5-11(9,10)4(8)7-2-1-6-3-7/h1-3H. The lowest BCUT2D eigenvalue weighted by Crippen LogP contribution is -2.14. The van der Waals surface area contributed by atoms with E-state index < -0.39 is 14.3 Å². The molecule has 1 rings (SSSR count). The van der Waals surface area contributed by atoms with Crippen LogP contribution in [0.3, 0.4) is 0 Å². The quantitative estimate of drug-likeness (QED) is 0.562. The highest BCUT2D eigenvalue weighted by molar-refractivity contribution is 8.25. The third-order valence-corrected chi connectivity index (χ3v) is 1.95. The van der Waals surface area contributed by atoms with E-state index in [-0.39, 0.29) is 0 Å². The zero-order valence-electron chi connectivity index (χ0n) is 5.14. The van der Waals surface area contributed by atoms with E-state index in [1.54, 1.807) is 0 Å². The van der Waals surface area contributed by atoms with Gasteiger partial charge in [-0.15, -0.1) is 0 Å². The Morgan fingerprint density at radius 2 is 2.18 bits per heavy atom. The molecule has 5 nitrogen and oxygen atoms in total. The summed E-state index contributed by atoms with van der Waals surface area (Å²) in [6.07, 6.45) is 3.53. The molecule has 0 bridgehead atoms. The number of halogens is 1. The van der Waals surface area contributed by atoms with Gasteiger partial charge in [-0.3, -0.25) is 9.36 Å². The Morgan fingerprint density at radius 1 is 1.55 bits per heavy atom. The molecule has 0 amide bonds. The Morgan fingerprint density at radius 3 is 2.55 bits per heavy atom. The fourth-order valence-corrected chi connectivity index (χ4v) is 1.09. The third-order valence-electron chi connectivity index (χ3n) is 0.924. The number of nitrogens with zero attached hydrogens (tertiary/aromatic N) is 2. The smallest absolute Gasteiger partial charge is 0.262 e. The molecule has 0 N–H and O–H groups in total. The Balaban J connectivity index is 3.07. The number of rotatable bonds is 0. The van der Waals surface area contributed by atoms with E-state index in [2.05, 4.69) is 4.98 Å². The maximum Gasteiger partial charge on any atom is 0.363 e. The second kappa shape index (κ2) is 2.63. The Hall–Kier alpha value is -0.880. The monoisotopic (exact) mass is 194 g/mol. The zero-order valence-corrected chi connectivity index (χ0v) is 6.71. The molecule has 0 saturated heterocycles. The van der Waals surface area contributed by atoms with Crippen LogP contribution >= 0.6 is 10.7 Å². The first kappa shape index (κ1) is 8.22. The first-order chi connectivity index (χ1) is 5.02. The molecule has 0 unspecified atom stereocenters. The number of aromatic nitrogens is 2. The summed E-state index contributed by atoms with van der Waals surface area (Å²) in [7, 11) is 0.580. The van der Waals surface area contributed by atoms with Crippen molar-refractivity contribution in [2.75, 3.05) is 0 Å². The van der Waals surface area contributed by atoms with Crippen LogP contribution in [0.15, 0.2) is 18.7 Å². The van der Waals surface area contributed by atoms with Gasteiger partial charge in [0, 0.05) is 23.1 Å². The fourth-order valence-electron chi connectivity index (χ4n) is 0.493. The Labute approximate surface area is 67.0 Å². The summed E-state index contributed by atoms with van der Waals surface area (Å²) in [4.78, 5) is 14.2. The maximum atomic E-state index is 10.7. The van der Waals surface area contributed by atoms with Crippen LogP contribution in [-0.2, 0) is 9.05 Å². The van der Waals surface area contributed by atoms with E-state index in [0.717, 1.165) is 10.9 Å². The summed E-state index contributed by atoms with van der Waals surface area (Å²) in [6.45, 7) is 0. The van der Waals surface area contributed by atoms with Crippen molar-refractivity contribution in [3.8, 4) is 0 Å². The molecule has 11 heavy (non-hydrogen) atoms. The van der Waals surface area contributed by atoms with Gasteiger partial charge >= 0.3 is 14.3 Å². The number of hydrogen-bond acceptors (Lipinski definition) is 4. The van der Waals surface area contributed by atoms with Crippen LogP contribution in [0.4, 0.5) is 4.79 Å². The summed E-state index contributed by atoms with van der Waals surface area (Å²) < 4.78 is 21.6. The van der Waals surface area contributed by atoms with Crippen LogP contribution in [0.1, 0.15) is 0 Å². The van der Waals surface area contributed by atoms with E-state index >= 15 is 0 Å². The van der Waals surface area contributed by atoms with Crippen LogP contribution in [0.5, 0.6) is 0 Å². The maximum absolute atomic E-state index is 10.7. The summed E-state index contributed by atoms with van der Waals surface area (Å²) >= 11 is 0. The minimum Gasteiger partial charge on any atom is -0.262 e. The number of imidazole rings is 1. The summed E-state index contributed by atoms with van der Waals surface area (Å²) in [6, 6.07) is 0. The van der Waals surface area contributed by atoms with Crippen molar-refractivity contribution in [2.45, 2.75) is 0 Å². The largest absolute Gasteiger partial charge is 0.363 e. The van der Waals surface area contributed by atoms with Gasteiger partial charge < -0.3 is 0 Å². The van der Waals surface area contributed by atoms with Crippen molar-refractivity contribution in [2.24, 2.45) is 0 Å². The van der Waals surface area contributed by atoms with Crippen molar-refractivity contribution in [3.63, 3.8) is 0 Å². The summed E-state index contributed by atoms with van der Waals surface area (Å²) in [5.74, 6) is 0. The highest BCUT2D eigenvalue weighted by Gasteiger charge is 2.19. The lowest BCUT2D eigenvalue weighted by Gasteiger charge is -1.92. The van der Waals surface area contributed by atoms with Crippen molar-refractivity contribution >= 4 is 25.0 Å². The van der Waals surface area contributed by atoms with Gasteiger partial charge in [0.25, 0.3) is 0 Å². The predicted molar refractivity (Wildman–Crippen MR) is 37.8 cm³/mol. The van der Waals surface area contributed by atoms with Crippen molar-refractivity contribution < 1.29 is 13.2 Å². The number of hydrogen-bond donors (Lipinski definition) is 0. The van der Waals surface area contributed by atoms with Crippen LogP contribution in [0.2, 0.25) is 0 Å². The van der Waals surface area contributed by atoms with Crippen molar-refractivity contribution in [1.29, 1.82) is 0 Å². The highest BCUT2D eigenvalue weighted by Crippen LogP contribution is 2.02. The average molecular weight is 195 g/mol. The van der Waals surface area contributed by atoms with E-state index in [4.69, 9.17) is 10.7 Å². The third kappa shape index (κ3) is 1.78. The van der Waals surface area contributed by atoms with E-state index in [9.17, 15) is 13.2 Å². The van der Waals surface area contributed by atoms with Crippen molar-refractivity contribution in [3.05, 3.63) is 18.7 Å². The van der Waals surface area contributed by atoms with Gasteiger partial charge in [-0.2, -0.15) is 0 Å². The first-order valence-corrected chi connectivity index (χ1v) is 4.79. The molecule has 0 saturated carbocycles. The summed E-state index contributed by atoms with van der Waals surface area (Å²) in [5, 5.41) is -1.20. The topological polar surface area (TPSA) is 69.0 Å². The molecule has 0 aliphatic rings.